The van der Waals surface area contributed by atoms with E-state index >= 15 is 0 Å². The zero-order chi connectivity index (χ0) is 26.7. The van der Waals surface area contributed by atoms with Crippen molar-refractivity contribution in [2.24, 2.45) is 5.92 Å². The summed E-state index contributed by atoms with van der Waals surface area (Å²) in [5, 5.41) is 16.6. The van der Waals surface area contributed by atoms with Crippen LogP contribution in [0.1, 0.15) is 42.2 Å². The molecule has 0 bridgehead atoms. The minimum Gasteiger partial charge on any atom is -0.497 e. The summed E-state index contributed by atoms with van der Waals surface area (Å²) in [6.45, 7) is 3.56. The fraction of sp³-hybridized carbons (Fsp3) is 0.320. The van der Waals surface area contributed by atoms with E-state index in [9.17, 15) is 23.1 Å². The van der Waals surface area contributed by atoms with Gasteiger partial charge in [0.05, 0.1) is 12.8 Å². The van der Waals surface area contributed by atoms with Crippen LogP contribution in [-0.4, -0.2) is 48.8 Å². The fourth-order valence-corrected chi connectivity index (χ4v) is 4.88. The van der Waals surface area contributed by atoms with Gasteiger partial charge in [0.15, 0.2) is 5.69 Å². The quantitative estimate of drug-likeness (QED) is 0.341. The predicted molar refractivity (Wildman–Crippen MR) is 135 cm³/mol. The number of carboxylic acid groups (broad SMARTS) is 1. The Morgan fingerprint density at radius 3 is 2.46 bits per heavy atom. The molecule has 1 aromatic heterocycles. The zero-order valence-electron chi connectivity index (χ0n) is 20.6. The molecule has 1 aliphatic rings. The third-order valence-corrected chi connectivity index (χ3v) is 7.27. The van der Waals surface area contributed by atoms with Gasteiger partial charge in [-0.3, -0.25) is 4.79 Å². The Labute approximate surface area is 214 Å². The summed E-state index contributed by atoms with van der Waals surface area (Å²) in [7, 11) is -2.51. The Hall–Kier alpha value is -3.90. The van der Waals surface area contributed by atoms with Gasteiger partial charge < -0.3 is 19.9 Å². The van der Waals surface area contributed by atoms with E-state index in [1.54, 1.807) is 24.3 Å². The number of ether oxygens (including phenoxy) is 2. The summed E-state index contributed by atoms with van der Waals surface area (Å²) in [5.41, 5.74) is 0.757. The summed E-state index contributed by atoms with van der Waals surface area (Å²) in [6.07, 6.45) is 2.17. The van der Waals surface area contributed by atoms with Gasteiger partial charge in [0.2, 0.25) is 21.8 Å². The Morgan fingerprint density at radius 2 is 1.86 bits per heavy atom. The summed E-state index contributed by atoms with van der Waals surface area (Å²) in [4.78, 5) is 23.9. The van der Waals surface area contributed by atoms with E-state index in [1.165, 1.54) is 36.9 Å². The number of sulfonamides is 1. The highest BCUT2D eigenvalue weighted by atomic mass is 32.2. The molecule has 1 amide bonds. The van der Waals surface area contributed by atoms with Crippen LogP contribution in [0.25, 0.3) is 5.69 Å². The van der Waals surface area contributed by atoms with Gasteiger partial charge in [0.25, 0.3) is 0 Å². The first-order valence-electron chi connectivity index (χ1n) is 11.7. The predicted octanol–water partition coefficient (Wildman–Crippen LogP) is 3.72. The first-order valence-corrected chi connectivity index (χ1v) is 13.2. The SMILES string of the molecule is CCCNS(=O)(=O)c1cc(NC(=O)C2CC2)ccc1Oc1c(C)c(C(=O)O)nn1-c1ccc(OC)cc1. The second kappa shape index (κ2) is 10.6. The fourth-order valence-electron chi connectivity index (χ4n) is 3.59. The summed E-state index contributed by atoms with van der Waals surface area (Å²) in [5.74, 6) is -0.923. The number of carboxylic acids is 1. The summed E-state index contributed by atoms with van der Waals surface area (Å²) < 4.78 is 41.4. The normalized spacial score (nSPS) is 13.3. The standard InChI is InChI=1S/C25H28N4O7S/c1-4-13-26-37(33,34)21-14-17(27-23(30)16-5-6-16)7-12-20(21)36-24-15(2)22(25(31)32)28-29(24)18-8-10-19(35-3)11-9-18/h7-12,14,16,26H,4-6,13H2,1-3H3,(H,27,30)(H,31,32). The van der Waals surface area contributed by atoms with E-state index in [2.05, 4.69) is 15.1 Å². The lowest BCUT2D eigenvalue weighted by molar-refractivity contribution is -0.117. The number of nitrogens with one attached hydrogen (secondary N) is 2. The maximum Gasteiger partial charge on any atom is 0.356 e. The van der Waals surface area contributed by atoms with Gasteiger partial charge in [-0.1, -0.05) is 6.92 Å². The molecule has 3 N–H and O–H groups in total. The molecule has 0 unspecified atom stereocenters. The van der Waals surface area contributed by atoms with Crippen LogP contribution in [0.5, 0.6) is 17.4 Å². The molecule has 12 heteroatoms. The maximum absolute atomic E-state index is 13.2. The average molecular weight is 529 g/mol. The van der Waals surface area contributed by atoms with Crippen LogP contribution in [0.15, 0.2) is 47.4 Å². The monoisotopic (exact) mass is 528 g/mol. The van der Waals surface area contributed by atoms with Crippen molar-refractivity contribution in [3.8, 4) is 23.1 Å². The van der Waals surface area contributed by atoms with Crippen LogP contribution < -0.4 is 19.5 Å². The van der Waals surface area contributed by atoms with Crippen molar-refractivity contribution in [3.05, 3.63) is 53.7 Å². The molecule has 37 heavy (non-hydrogen) atoms. The van der Waals surface area contributed by atoms with Gasteiger partial charge in [-0.05, 0) is 68.7 Å². The Balaban J connectivity index is 1.79. The van der Waals surface area contributed by atoms with E-state index in [0.29, 0.717) is 23.5 Å². The van der Waals surface area contributed by atoms with Gasteiger partial charge in [0.1, 0.15) is 16.4 Å². The van der Waals surface area contributed by atoms with Crippen molar-refractivity contribution in [2.45, 2.75) is 38.0 Å². The molecule has 1 fully saturated rings. The second-order valence-corrected chi connectivity index (χ2v) is 10.4. The number of aromatic nitrogens is 2. The number of nitrogens with zero attached hydrogens (tertiary/aromatic N) is 2. The molecule has 196 valence electrons. The number of aromatic carboxylic acids is 1. The average Bonchev–Trinajstić information content (AvgIpc) is 3.68. The highest BCUT2D eigenvalue weighted by Crippen LogP contribution is 2.36. The molecule has 11 nitrogen and oxygen atoms in total. The lowest BCUT2D eigenvalue weighted by Gasteiger charge is -2.16. The van der Waals surface area contributed by atoms with E-state index < -0.39 is 16.0 Å². The van der Waals surface area contributed by atoms with Crippen LogP contribution in [0.3, 0.4) is 0 Å². The highest BCUT2D eigenvalue weighted by molar-refractivity contribution is 7.89. The smallest absolute Gasteiger partial charge is 0.356 e. The third-order valence-electron chi connectivity index (χ3n) is 5.79. The Bertz CT molecular complexity index is 1430. The number of methoxy groups -OCH3 is 1. The number of benzene rings is 2. The first-order chi connectivity index (χ1) is 17.6. The minimum absolute atomic E-state index is 0.0317. The molecule has 3 aromatic rings. The molecular weight excluding hydrogens is 500 g/mol. The molecule has 0 spiro atoms. The molecule has 0 aliphatic heterocycles. The molecule has 1 aliphatic carbocycles. The Kier molecular flexibility index (Phi) is 7.50. The van der Waals surface area contributed by atoms with Gasteiger partial charge in [-0.2, -0.15) is 9.78 Å². The zero-order valence-corrected chi connectivity index (χ0v) is 21.5. The van der Waals surface area contributed by atoms with E-state index in [0.717, 1.165) is 12.8 Å². The largest absolute Gasteiger partial charge is 0.497 e. The minimum atomic E-state index is -4.03. The number of amides is 1. The third kappa shape index (κ3) is 5.75. The van der Waals surface area contributed by atoms with Crippen molar-refractivity contribution in [3.63, 3.8) is 0 Å². The van der Waals surface area contributed by atoms with E-state index in [4.69, 9.17) is 9.47 Å². The van der Waals surface area contributed by atoms with Crippen molar-refractivity contribution < 1.29 is 32.6 Å². The molecule has 0 radical (unpaired) electrons. The summed E-state index contributed by atoms with van der Waals surface area (Å²) >= 11 is 0. The molecule has 4 rings (SSSR count). The van der Waals surface area contributed by atoms with Crippen LogP contribution in [0.2, 0.25) is 0 Å². The van der Waals surface area contributed by atoms with Gasteiger partial charge in [-0.25, -0.2) is 17.9 Å². The van der Waals surface area contributed by atoms with Crippen LogP contribution in [0.4, 0.5) is 5.69 Å². The molecule has 1 heterocycles. The van der Waals surface area contributed by atoms with Crippen LogP contribution >= 0.6 is 0 Å². The molecule has 1 saturated carbocycles. The molecule has 2 aromatic carbocycles. The van der Waals surface area contributed by atoms with Crippen LogP contribution in [-0.2, 0) is 14.8 Å². The van der Waals surface area contributed by atoms with Crippen molar-refractivity contribution in [1.82, 2.24) is 14.5 Å². The van der Waals surface area contributed by atoms with E-state index in [1.807, 2.05) is 6.92 Å². The highest BCUT2D eigenvalue weighted by Gasteiger charge is 2.30. The van der Waals surface area contributed by atoms with E-state index in [-0.39, 0.29) is 46.2 Å². The number of hydrogen-bond acceptors (Lipinski definition) is 7. The number of carbonyl (C=O) groups excluding carboxylic acids is 1. The lowest BCUT2D eigenvalue weighted by atomic mass is 10.2. The number of anilines is 1. The number of carbonyl (C=O) groups is 2. The number of rotatable bonds is 11. The number of hydrogen-bond donors (Lipinski definition) is 3. The van der Waals surface area contributed by atoms with Crippen LogP contribution in [0, 0.1) is 12.8 Å². The van der Waals surface area contributed by atoms with Gasteiger partial charge in [0, 0.05) is 23.7 Å². The topological polar surface area (TPSA) is 149 Å². The maximum atomic E-state index is 13.2. The van der Waals surface area contributed by atoms with Gasteiger partial charge >= 0.3 is 5.97 Å². The lowest BCUT2D eigenvalue weighted by Crippen LogP contribution is -2.25. The van der Waals surface area contributed by atoms with Crippen molar-refractivity contribution in [1.29, 1.82) is 0 Å². The Morgan fingerprint density at radius 1 is 1.16 bits per heavy atom. The molecular formula is C25H28N4O7S. The first kappa shape index (κ1) is 26.2. The van der Waals surface area contributed by atoms with Crippen molar-refractivity contribution >= 4 is 27.6 Å². The summed E-state index contributed by atoms with van der Waals surface area (Å²) in [6, 6.07) is 11.0. The molecule has 0 atom stereocenters. The van der Waals surface area contributed by atoms with Gasteiger partial charge in [-0.15, -0.1) is 0 Å². The molecule has 0 saturated heterocycles. The van der Waals surface area contributed by atoms with Crippen molar-refractivity contribution in [2.75, 3.05) is 19.0 Å². The second-order valence-electron chi connectivity index (χ2n) is 8.62.